The van der Waals surface area contributed by atoms with Crippen molar-refractivity contribution in [3.8, 4) is 34.9 Å². The van der Waals surface area contributed by atoms with Crippen LogP contribution in [0, 0.1) is 33.1 Å². The zero-order chi connectivity index (χ0) is 21.7. The summed E-state index contributed by atoms with van der Waals surface area (Å²) in [5.41, 5.74) is 7.22. The number of nitrogens with one attached hydrogen (secondary N) is 1. The van der Waals surface area contributed by atoms with Gasteiger partial charge in [0.2, 0.25) is 0 Å². The van der Waals surface area contributed by atoms with Gasteiger partial charge in [0, 0.05) is 26.0 Å². The number of carbonyl (C=O) groups is 1. The first-order chi connectivity index (χ1) is 14.4. The number of nitrogens with zero attached hydrogens (tertiary/aromatic N) is 2. The van der Waals surface area contributed by atoms with Crippen molar-refractivity contribution < 1.29 is 6.22 Å². The number of fused-ring (bicyclic) bond motifs is 1. The molecule has 0 amide bonds. The lowest BCUT2D eigenvalue weighted by Gasteiger charge is -2.23. The van der Waals surface area contributed by atoms with Crippen molar-refractivity contribution >= 4 is 11.6 Å². The zero-order valence-electron chi connectivity index (χ0n) is 17.7. The zero-order valence-corrected chi connectivity index (χ0v) is 17.7. The lowest BCUT2D eigenvalue weighted by atomic mass is 9.96. The van der Waals surface area contributed by atoms with Gasteiger partial charge in [-0.05, 0) is 27.2 Å². The molecule has 4 rings (SSSR count). The molecule has 1 atom stereocenters. The summed E-state index contributed by atoms with van der Waals surface area (Å²) in [5.74, 6) is 3.61. The number of hydrogen-bond donors (Lipinski definition) is 1. The fourth-order valence-electron chi connectivity index (χ4n) is 3.28. The summed E-state index contributed by atoms with van der Waals surface area (Å²) in [6, 6.07) is 16.8. The molecule has 1 aromatic heterocycles. The largest absolute Gasteiger partial charge is 0.368 e. The van der Waals surface area contributed by atoms with E-state index in [-0.39, 0.29) is 13.1 Å². The van der Waals surface area contributed by atoms with E-state index in [2.05, 4.69) is 80.5 Å². The molecule has 1 aliphatic rings. The maximum atomic E-state index is 9.33. The molecule has 0 bridgehead atoms. The molecule has 1 unspecified atom stereocenters. The van der Waals surface area contributed by atoms with Crippen LogP contribution >= 0.6 is 0 Å². The van der Waals surface area contributed by atoms with E-state index in [1.807, 2.05) is 0 Å². The normalized spacial score (nSPS) is 14.4. The fourth-order valence-corrected chi connectivity index (χ4v) is 3.28. The third kappa shape index (κ3) is 4.93. The Morgan fingerprint density at radius 1 is 1.03 bits per heavy atom. The standard InChI is InChI=1S/C23H21N3.C3H5O.H2/c1-4-17-13-14-24-23-22(17)25-20(18-9-5-15(2)6-10-18)21(26-23)19-11-7-16(3)8-12-19;1-3(2)4;/h1,5-12,17H,13-14H2,2-3H3,(H,24,26);1H2,2H3;1H. The average molecular weight is 399 g/mol. The highest BCUT2D eigenvalue weighted by molar-refractivity contribution is 5.80. The Morgan fingerprint density at radius 2 is 1.50 bits per heavy atom. The smallest absolute Gasteiger partial charge is 0.149 e. The van der Waals surface area contributed by atoms with Crippen molar-refractivity contribution in [1.82, 2.24) is 9.97 Å². The minimum absolute atomic E-state index is 0. The van der Waals surface area contributed by atoms with E-state index in [0.29, 0.717) is 0 Å². The van der Waals surface area contributed by atoms with Crippen molar-refractivity contribution in [2.75, 3.05) is 11.9 Å². The SMILES string of the molecule is C#CC1CCNc2nc(-c3ccc(C)cc3)c(-c3ccc(C)cc3)nc21.[CH2]C(C)=O.[HH]. The molecule has 0 fully saturated rings. The summed E-state index contributed by atoms with van der Waals surface area (Å²) < 4.78 is 0. The molecule has 30 heavy (non-hydrogen) atoms. The van der Waals surface area contributed by atoms with Crippen LogP contribution in [0.25, 0.3) is 22.5 Å². The van der Waals surface area contributed by atoms with E-state index in [1.165, 1.54) is 18.1 Å². The Kier molecular flexibility index (Phi) is 6.64. The quantitative estimate of drug-likeness (QED) is 0.570. The number of aryl methyl sites for hydroxylation is 2. The van der Waals surface area contributed by atoms with Crippen LogP contribution in [0.1, 0.15) is 37.5 Å². The van der Waals surface area contributed by atoms with E-state index in [4.69, 9.17) is 16.4 Å². The summed E-state index contributed by atoms with van der Waals surface area (Å²) in [4.78, 5) is 19.3. The van der Waals surface area contributed by atoms with Gasteiger partial charge in [-0.1, -0.05) is 65.6 Å². The van der Waals surface area contributed by atoms with Crippen LogP contribution in [-0.4, -0.2) is 22.3 Å². The van der Waals surface area contributed by atoms with Crippen molar-refractivity contribution in [3.63, 3.8) is 0 Å². The molecule has 2 heterocycles. The molecule has 2 aromatic carbocycles. The van der Waals surface area contributed by atoms with Crippen LogP contribution in [0.4, 0.5) is 5.82 Å². The Balaban J connectivity index is 0.000000631. The molecule has 153 valence electrons. The highest BCUT2D eigenvalue weighted by Crippen LogP contribution is 2.36. The monoisotopic (exact) mass is 398 g/mol. The van der Waals surface area contributed by atoms with E-state index in [1.54, 1.807) is 0 Å². The number of terminal acetylenes is 1. The average Bonchev–Trinajstić information content (AvgIpc) is 2.73. The second kappa shape index (κ2) is 9.37. The Morgan fingerprint density at radius 3 is 1.97 bits per heavy atom. The lowest BCUT2D eigenvalue weighted by molar-refractivity contribution is -0.112. The number of anilines is 1. The van der Waals surface area contributed by atoms with Gasteiger partial charge in [-0.25, -0.2) is 9.97 Å². The van der Waals surface area contributed by atoms with Crippen molar-refractivity contribution in [2.24, 2.45) is 0 Å². The maximum absolute atomic E-state index is 9.33. The fraction of sp³-hybridized carbons (Fsp3) is 0.231. The second-order valence-electron chi connectivity index (χ2n) is 7.52. The van der Waals surface area contributed by atoms with Gasteiger partial charge in [0.25, 0.3) is 0 Å². The third-order valence-corrected chi connectivity index (χ3v) is 4.83. The van der Waals surface area contributed by atoms with Crippen LogP contribution in [0.3, 0.4) is 0 Å². The molecule has 0 saturated carbocycles. The number of ketones is 1. The summed E-state index contributed by atoms with van der Waals surface area (Å²) >= 11 is 0. The number of carbonyl (C=O) groups excluding carboxylic acids is 1. The number of hydrogen-bond acceptors (Lipinski definition) is 4. The number of rotatable bonds is 2. The van der Waals surface area contributed by atoms with Gasteiger partial charge < -0.3 is 10.1 Å². The van der Waals surface area contributed by atoms with E-state index < -0.39 is 0 Å². The van der Waals surface area contributed by atoms with E-state index in [9.17, 15) is 4.79 Å². The highest BCUT2D eigenvalue weighted by Gasteiger charge is 2.24. The molecular formula is C26H28N3O. The number of aromatic nitrogens is 2. The van der Waals surface area contributed by atoms with E-state index in [0.717, 1.165) is 47.0 Å². The minimum atomic E-state index is -0.0833. The molecule has 4 heteroatoms. The molecule has 1 N–H and O–H groups in total. The predicted octanol–water partition coefficient (Wildman–Crippen LogP) is 5.62. The van der Waals surface area contributed by atoms with Gasteiger partial charge in [0.15, 0.2) is 0 Å². The maximum Gasteiger partial charge on any atom is 0.149 e. The number of Topliss-reactive ketones (excluding diaryl/α,β-unsaturated/α-hetero) is 1. The van der Waals surface area contributed by atoms with Gasteiger partial charge in [0.1, 0.15) is 11.6 Å². The van der Waals surface area contributed by atoms with Gasteiger partial charge >= 0.3 is 0 Å². The molecule has 4 nitrogen and oxygen atoms in total. The van der Waals surface area contributed by atoms with Crippen LogP contribution in [0.5, 0.6) is 0 Å². The topological polar surface area (TPSA) is 54.9 Å². The molecule has 0 saturated heterocycles. The van der Waals surface area contributed by atoms with Crippen molar-refractivity contribution in [3.05, 3.63) is 72.3 Å². The first kappa shape index (κ1) is 21.3. The summed E-state index contributed by atoms with van der Waals surface area (Å²) in [5, 5.41) is 3.37. The predicted molar refractivity (Wildman–Crippen MR) is 125 cm³/mol. The van der Waals surface area contributed by atoms with Crippen LogP contribution in [0.15, 0.2) is 48.5 Å². The first-order valence-corrected chi connectivity index (χ1v) is 9.97. The molecule has 1 radical (unpaired) electrons. The third-order valence-electron chi connectivity index (χ3n) is 4.83. The number of benzene rings is 2. The van der Waals surface area contributed by atoms with Gasteiger partial charge in [-0.15, -0.1) is 6.42 Å². The summed E-state index contributed by atoms with van der Waals surface area (Å²) in [6.45, 7) is 9.41. The van der Waals surface area contributed by atoms with Crippen LogP contribution < -0.4 is 5.32 Å². The minimum Gasteiger partial charge on any atom is -0.368 e. The molecule has 0 spiro atoms. The van der Waals surface area contributed by atoms with Gasteiger partial charge in [0.05, 0.1) is 23.0 Å². The second-order valence-corrected chi connectivity index (χ2v) is 7.52. The highest BCUT2D eigenvalue weighted by atomic mass is 16.1. The molecule has 0 aliphatic carbocycles. The van der Waals surface area contributed by atoms with Gasteiger partial charge in [-0.3, -0.25) is 0 Å². The molecular weight excluding hydrogens is 370 g/mol. The molecule has 1 aliphatic heterocycles. The van der Waals surface area contributed by atoms with Crippen LogP contribution in [-0.2, 0) is 4.79 Å². The van der Waals surface area contributed by atoms with Crippen molar-refractivity contribution in [2.45, 2.75) is 33.1 Å². The van der Waals surface area contributed by atoms with Crippen LogP contribution in [0.2, 0.25) is 0 Å². The summed E-state index contributed by atoms with van der Waals surface area (Å²) in [7, 11) is 0. The van der Waals surface area contributed by atoms with Crippen molar-refractivity contribution in [1.29, 1.82) is 0 Å². The Bertz CT molecular complexity index is 1080. The molecule has 3 aromatic rings. The summed E-state index contributed by atoms with van der Waals surface area (Å²) in [6.07, 6.45) is 6.63. The first-order valence-electron chi connectivity index (χ1n) is 9.97. The van der Waals surface area contributed by atoms with E-state index >= 15 is 0 Å². The Labute approximate surface area is 180 Å². The Hall–Kier alpha value is -3.45. The lowest BCUT2D eigenvalue weighted by Crippen LogP contribution is -2.19. The van der Waals surface area contributed by atoms with Gasteiger partial charge in [-0.2, -0.15) is 0 Å².